The molecule has 0 spiro atoms. The number of aromatic nitrogens is 1. The van der Waals surface area contributed by atoms with Crippen molar-refractivity contribution in [1.29, 1.82) is 0 Å². The zero-order valence-electron chi connectivity index (χ0n) is 13.4. The quantitative estimate of drug-likeness (QED) is 0.492. The average Bonchev–Trinajstić information content (AvgIpc) is 2.62. The van der Waals surface area contributed by atoms with Gasteiger partial charge in [-0.05, 0) is 24.3 Å². The number of nitrogens with one attached hydrogen (secondary N) is 1. The van der Waals surface area contributed by atoms with Crippen molar-refractivity contribution in [3.05, 3.63) is 36.4 Å². The van der Waals surface area contributed by atoms with Crippen LogP contribution in [-0.2, 0) is 9.47 Å². The van der Waals surface area contributed by atoms with Gasteiger partial charge < -0.3 is 19.9 Å². The standard InChI is InChI=1S/C15H15N5O5/c1-23-14(21)18-12-8-7-10(13(16)17-12)20-19-9-5-3-4-6-11(9)25-15(22)24-2/h3-8H,1-2H3,(H3,16,17,18,21)/b20-19+. The highest BCUT2D eigenvalue weighted by atomic mass is 16.7. The van der Waals surface area contributed by atoms with E-state index in [1.807, 2.05) is 0 Å². The molecule has 3 N–H and O–H groups in total. The Morgan fingerprint density at radius 3 is 2.44 bits per heavy atom. The predicted octanol–water partition coefficient (Wildman–Crippen LogP) is 3.40. The van der Waals surface area contributed by atoms with Crippen molar-refractivity contribution >= 4 is 35.3 Å². The second-order valence-electron chi connectivity index (χ2n) is 4.44. The summed E-state index contributed by atoms with van der Waals surface area (Å²) in [4.78, 5) is 26.3. The number of para-hydroxylation sites is 1. The summed E-state index contributed by atoms with van der Waals surface area (Å²) in [6, 6.07) is 9.50. The lowest BCUT2D eigenvalue weighted by Crippen LogP contribution is -2.12. The van der Waals surface area contributed by atoms with Crippen molar-refractivity contribution in [2.24, 2.45) is 10.2 Å². The van der Waals surface area contributed by atoms with E-state index < -0.39 is 12.2 Å². The van der Waals surface area contributed by atoms with Gasteiger partial charge in [0.1, 0.15) is 17.2 Å². The lowest BCUT2D eigenvalue weighted by atomic mass is 10.3. The fraction of sp³-hybridized carbons (Fsp3) is 0.133. The summed E-state index contributed by atoms with van der Waals surface area (Å²) >= 11 is 0. The number of rotatable bonds is 4. The molecule has 10 nitrogen and oxygen atoms in total. The minimum Gasteiger partial charge on any atom is -0.453 e. The minimum atomic E-state index is -0.873. The fourth-order valence-electron chi connectivity index (χ4n) is 1.64. The molecule has 0 radical (unpaired) electrons. The molecule has 2 rings (SSSR count). The Bertz CT molecular complexity index is 809. The van der Waals surface area contributed by atoms with Crippen molar-refractivity contribution in [1.82, 2.24) is 4.98 Å². The number of nitrogens with two attached hydrogens (primary N) is 1. The third kappa shape index (κ3) is 4.89. The van der Waals surface area contributed by atoms with Crippen LogP contribution in [0.15, 0.2) is 46.6 Å². The van der Waals surface area contributed by atoms with Gasteiger partial charge in [0.2, 0.25) is 0 Å². The van der Waals surface area contributed by atoms with Crippen LogP contribution in [0.4, 0.5) is 32.6 Å². The van der Waals surface area contributed by atoms with Crippen molar-refractivity contribution < 1.29 is 23.8 Å². The van der Waals surface area contributed by atoms with Crippen molar-refractivity contribution in [3.63, 3.8) is 0 Å². The molecule has 1 amide bonds. The summed E-state index contributed by atoms with van der Waals surface area (Å²) in [5.74, 6) is 0.426. The van der Waals surface area contributed by atoms with Crippen LogP contribution in [0.3, 0.4) is 0 Å². The molecular formula is C15H15N5O5. The normalized spacial score (nSPS) is 10.3. The first kappa shape index (κ1) is 17.7. The van der Waals surface area contributed by atoms with Gasteiger partial charge in [-0.2, -0.15) is 0 Å². The Balaban J connectivity index is 2.19. The maximum absolute atomic E-state index is 11.2. The van der Waals surface area contributed by atoms with Crippen LogP contribution in [0, 0.1) is 0 Å². The van der Waals surface area contributed by atoms with Gasteiger partial charge in [-0.3, -0.25) is 5.32 Å². The molecule has 0 aliphatic rings. The van der Waals surface area contributed by atoms with E-state index in [0.717, 1.165) is 0 Å². The van der Waals surface area contributed by atoms with Crippen LogP contribution in [0.25, 0.3) is 0 Å². The topological polar surface area (TPSA) is 137 Å². The van der Waals surface area contributed by atoms with E-state index in [0.29, 0.717) is 5.69 Å². The maximum atomic E-state index is 11.2. The van der Waals surface area contributed by atoms with Gasteiger partial charge in [0.05, 0.1) is 14.2 Å². The first-order valence-electron chi connectivity index (χ1n) is 6.91. The Morgan fingerprint density at radius 1 is 1.04 bits per heavy atom. The summed E-state index contributed by atoms with van der Waals surface area (Å²) in [5.41, 5.74) is 6.34. The van der Waals surface area contributed by atoms with E-state index in [1.54, 1.807) is 18.2 Å². The molecule has 2 aromatic rings. The molecule has 0 aliphatic heterocycles. The number of hydrogen-bond acceptors (Lipinski definition) is 9. The van der Waals surface area contributed by atoms with Crippen molar-refractivity contribution in [2.45, 2.75) is 0 Å². The number of anilines is 2. The number of carbonyl (C=O) groups excluding carboxylic acids is 2. The molecule has 1 aromatic heterocycles. The number of carbonyl (C=O) groups is 2. The first-order chi connectivity index (χ1) is 12.0. The lowest BCUT2D eigenvalue weighted by Gasteiger charge is -2.06. The van der Waals surface area contributed by atoms with E-state index in [1.165, 1.54) is 32.4 Å². The number of nitrogen functional groups attached to an aromatic ring is 1. The number of amides is 1. The van der Waals surface area contributed by atoms with E-state index >= 15 is 0 Å². The number of ether oxygens (including phenoxy) is 3. The number of nitrogens with zero attached hydrogens (tertiary/aromatic N) is 3. The summed E-state index contributed by atoms with van der Waals surface area (Å²) in [7, 11) is 2.43. The van der Waals surface area contributed by atoms with Crippen LogP contribution in [0.2, 0.25) is 0 Å². The number of azo groups is 1. The van der Waals surface area contributed by atoms with Crippen LogP contribution < -0.4 is 15.8 Å². The van der Waals surface area contributed by atoms with Gasteiger partial charge in [-0.25, -0.2) is 14.6 Å². The van der Waals surface area contributed by atoms with Gasteiger partial charge in [-0.15, -0.1) is 10.2 Å². The highest BCUT2D eigenvalue weighted by Gasteiger charge is 2.09. The van der Waals surface area contributed by atoms with E-state index in [4.69, 9.17) is 10.5 Å². The number of benzene rings is 1. The Morgan fingerprint density at radius 2 is 1.76 bits per heavy atom. The largest absolute Gasteiger partial charge is 0.513 e. The number of hydrogen-bond donors (Lipinski definition) is 2. The highest BCUT2D eigenvalue weighted by Crippen LogP contribution is 2.30. The third-order valence-electron chi connectivity index (χ3n) is 2.81. The van der Waals surface area contributed by atoms with Crippen LogP contribution in [0.1, 0.15) is 0 Å². The van der Waals surface area contributed by atoms with Gasteiger partial charge in [0.15, 0.2) is 11.6 Å². The van der Waals surface area contributed by atoms with Gasteiger partial charge in [-0.1, -0.05) is 12.1 Å². The first-order valence-corrected chi connectivity index (χ1v) is 6.91. The molecule has 0 bridgehead atoms. The summed E-state index contributed by atoms with van der Waals surface area (Å²) in [6.07, 6.45) is -1.54. The molecule has 0 unspecified atom stereocenters. The molecule has 25 heavy (non-hydrogen) atoms. The Hall–Kier alpha value is -3.69. The fourth-order valence-corrected chi connectivity index (χ4v) is 1.64. The second kappa shape index (κ2) is 8.24. The van der Waals surface area contributed by atoms with Crippen LogP contribution in [0.5, 0.6) is 5.75 Å². The molecule has 1 heterocycles. The Kier molecular flexibility index (Phi) is 5.82. The second-order valence-corrected chi connectivity index (χ2v) is 4.44. The molecule has 0 aliphatic carbocycles. The van der Waals surface area contributed by atoms with Crippen molar-refractivity contribution in [3.8, 4) is 5.75 Å². The lowest BCUT2D eigenvalue weighted by molar-refractivity contribution is 0.121. The summed E-state index contributed by atoms with van der Waals surface area (Å²) < 4.78 is 13.9. The maximum Gasteiger partial charge on any atom is 0.513 e. The molecule has 0 atom stereocenters. The molecule has 0 saturated carbocycles. The highest BCUT2D eigenvalue weighted by molar-refractivity contribution is 5.83. The monoisotopic (exact) mass is 345 g/mol. The summed E-state index contributed by atoms with van der Waals surface area (Å²) in [6.45, 7) is 0. The van der Waals surface area contributed by atoms with E-state index in [9.17, 15) is 9.59 Å². The number of pyridine rings is 1. The Labute approximate surface area is 142 Å². The van der Waals surface area contributed by atoms with E-state index in [-0.39, 0.29) is 23.1 Å². The molecule has 130 valence electrons. The van der Waals surface area contributed by atoms with E-state index in [2.05, 4.69) is 30.0 Å². The van der Waals surface area contributed by atoms with Gasteiger partial charge in [0, 0.05) is 0 Å². The predicted molar refractivity (Wildman–Crippen MR) is 88.3 cm³/mol. The number of methoxy groups -OCH3 is 2. The van der Waals surface area contributed by atoms with Crippen LogP contribution in [-0.4, -0.2) is 31.5 Å². The molecule has 0 fully saturated rings. The van der Waals surface area contributed by atoms with Crippen molar-refractivity contribution in [2.75, 3.05) is 25.3 Å². The smallest absolute Gasteiger partial charge is 0.453 e. The average molecular weight is 345 g/mol. The SMILES string of the molecule is COC(=O)Nc1ccc(/N=N/c2ccccc2OC(=O)OC)c(N)n1. The minimum absolute atomic E-state index is 0.0454. The molecule has 10 heteroatoms. The van der Waals surface area contributed by atoms with Gasteiger partial charge in [0.25, 0.3) is 0 Å². The molecule has 1 aromatic carbocycles. The molecular weight excluding hydrogens is 330 g/mol. The third-order valence-corrected chi connectivity index (χ3v) is 2.81. The molecule has 0 saturated heterocycles. The van der Waals surface area contributed by atoms with Crippen LogP contribution >= 0.6 is 0 Å². The zero-order chi connectivity index (χ0) is 18.2. The summed E-state index contributed by atoms with van der Waals surface area (Å²) in [5, 5.41) is 10.3. The van der Waals surface area contributed by atoms with Gasteiger partial charge >= 0.3 is 12.2 Å². The zero-order valence-corrected chi connectivity index (χ0v) is 13.4.